The topological polar surface area (TPSA) is 132 Å². The van der Waals surface area contributed by atoms with E-state index in [0.29, 0.717) is 27.3 Å². The van der Waals surface area contributed by atoms with Crippen molar-refractivity contribution in [3.05, 3.63) is 105 Å². The first-order valence-corrected chi connectivity index (χ1v) is 12.5. The summed E-state index contributed by atoms with van der Waals surface area (Å²) >= 11 is 7.24. The lowest BCUT2D eigenvalue weighted by atomic mass is 10.1. The van der Waals surface area contributed by atoms with Crippen LogP contribution in [0.4, 0.5) is 15.8 Å². The Morgan fingerprint density at radius 3 is 2.63 bits per heavy atom. The van der Waals surface area contributed by atoms with E-state index in [2.05, 4.69) is 20.8 Å². The zero-order valence-electron chi connectivity index (χ0n) is 19.9. The molecule has 194 valence electrons. The lowest BCUT2D eigenvalue weighted by Crippen LogP contribution is -2.25. The van der Waals surface area contributed by atoms with Crippen LogP contribution in [-0.4, -0.2) is 37.3 Å². The fraction of sp³-hybridized carbons (Fsp3) is 0.120. The van der Waals surface area contributed by atoms with Crippen LogP contribution in [0.15, 0.2) is 71.9 Å². The van der Waals surface area contributed by atoms with E-state index in [1.165, 1.54) is 36.4 Å². The van der Waals surface area contributed by atoms with Crippen molar-refractivity contribution in [3.8, 4) is 5.69 Å². The van der Waals surface area contributed by atoms with Crippen LogP contribution >= 0.6 is 23.4 Å². The molecular weight excluding hydrogens is 535 g/mol. The molecule has 0 aliphatic heterocycles. The summed E-state index contributed by atoms with van der Waals surface area (Å²) in [6.07, 6.45) is 0. The smallest absolute Gasteiger partial charge is 0.273 e. The van der Waals surface area contributed by atoms with E-state index < -0.39 is 22.6 Å². The highest BCUT2D eigenvalue weighted by Gasteiger charge is 2.19. The van der Waals surface area contributed by atoms with Gasteiger partial charge in [0.2, 0.25) is 5.91 Å². The predicted molar refractivity (Wildman–Crippen MR) is 141 cm³/mol. The van der Waals surface area contributed by atoms with Crippen LogP contribution < -0.4 is 10.6 Å². The highest BCUT2D eigenvalue weighted by atomic mass is 35.5. The van der Waals surface area contributed by atoms with E-state index in [1.807, 2.05) is 0 Å². The van der Waals surface area contributed by atoms with Gasteiger partial charge in [-0.15, -0.1) is 10.2 Å². The molecule has 0 saturated heterocycles. The van der Waals surface area contributed by atoms with Crippen LogP contribution in [0.3, 0.4) is 0 Å². The Morgan fingerprint density at radius 2 is 1.89 bits per heavy atom. The molecule has 0 radical (unpaired) electrons. The Balaban J connectivity index is 1.53. The number of anilines is 1. The van der Waals surface area contributed by atoms with Crippen molar-refractivity contribution in [3.63, 3.8) is 0 Å². The lowest BCUT2D eigenvalue weighted by Gasteiger charge is -2.12. The number of rotatable bonds is 9. The number of halogens is 2. The molecule has 3 aromatic carbocycles. The van der Waals surface area contributed by atoms with Crippen molar-refractivity contribution >= 4 is 46.6 Å². The molecule has 38 heavy (non-hydrogen) atoms. The number of aryl methyl sites for hydroxylation is 1. The van der Waals surface area contributed by atoms with Crippen molar-refractivity contribution in [2.45, 2.75) is 18.6 Å². The van der Waals surface area contributed by atoms with Gasteiger partial charge in [-0.2, -0.15) is 0 Å². The van der Waals surface area contributed by atoms with E-state index in [0.717, 1.165) is 11.8 Å². The van der Waals surface area contributed by atoms with Gasteiger partial charge in [0.05, 0.1) is 28.6 Å². The summed E-state index contributed by atoms with van der Waals surface area (Å²) in [6, 6.07) is 16.9. The number of nitro groups is 1. The average molecular weight is 555 g/mol. The molecule has 4 aromatic rings. The van der Waals surface area contributed by atoms with Crippen molar-refractivity contribution < 1.29 is 18.9 Å². The number of carbonyl (C=O) groups excluding carboxylic acids is 2. The summed E-state index contributed by atoms with van der Waals surface area (Å²) in [5.74, 6) is -1.29. The number of para-hydroxylation sites is 1. The van der Waals surface area contributed by atoms with Gasteiger partial charge >= 0.3 is 0 Å². The first-order chi connectivity index (χ1) is 18.2. The molecule has 0 spiro atoms. The maximum absolute atomic E-state index is 13.9. The SMILES string of the molecule is Cc1ccc(C(=O)NCc2nnc(SCC(=O)Nc3ccccc3F)n2-c2cccc(Cl)c2)cc1[N+](=O)[O-]. The average Bonchev–Trinajstić information content (AvgIpc) is 3.30. The molecule has 2 N–H and O–H groups in total. The largest absolute Gasteiger partial charge is 0.345 e. The number of benzene rings is 3. The summed E-state index contributed by atoms with van der Waals surface area (Å²) in [5, 5.41) is 25.5. The summed E-state index contributed by atoms with van der Waals surface area (Å²) in [6.45, 7) is 1.52. The summed E-state index contributed by atoms with van der Waals surface area (Å²) in [4.78, 5) is 35.8. The molecule has 0 saturated carbocycles. The van der Waals surface area contributed by atoms with Crippen molar-refractivity contribution in [2.75, 3.05) is 11.1 Å². The molecule has 1 heterocycles. The monoisotopic (exact) mass is 554 g/mol. The molecule has 4 rings (SSSR count). The predicted octanol–water partition coefficient (Wildman–Crippen LogP) is 4.94. The van der Waals surface area contributed by atoms with E-state index in [9.17, 15) is 24.1 Å². The van der Waals surface area contributed by atoms with Crippen molar-refractivity contribution in [1.82, 2.24) is 20.1 Å². The third kappa shape index (κ3) is 6.33. The Kier molecular flexibility index (Phi) is 8.34. The number of nitro benzene ring substituents is 1. The van der Waals surface area contributed by atoms with Crippen molar-refractivity contribution in [1.29, 1.82) is 0 Å². The molecule has 1 aromatic heterocycles. The van der Waals surface area contributed by atoms with Gasteiger partial charge in [0, 0.05) is 22.2 Å². The van der Waals surface area contributed by atoms with Gasteiger partial charge in [0.1, 0.15) is 5.82 Å². The minimum absolute atomic E-state index is 0.0640. The van der Waals surface area contributed by atoms with E-state index in [4.69, 9.17) is 11.6 Å². The molecule has 0 atom stereocenters. The molecule has 0 bridgehead atoms. The van der Waals surface area contributed by atoms with E-state index >= 15 is 0 Å². The minimum Gasteiger partial charge on any atom is -0.345 e. The summed E-state index contributed by atoms with van der Waals surface area (Å²) in [7, 11) is 0. The number of nitrogens with one attached hydrogen (secondary N) is 2. The number of thioether (sulfide) groups is 1. The van der Waals surface area contributed by atoms with E-state index in [-0.39, 0.29) is 29.2 Å². The number of carbonyl (C=O) groups is 2. The third-order valence-electron chi connectivity index (χ3n) is 5.32. The highest BCUT2D eigenvalue weighted by Crippen LogP contribution is 2.25. The fourth-order valence-electron chi connectivity index (χ4n) is 3.47. The first-order valence-electron chi connectivity index (χ1n) is 11.1. The van der Waals surface area contributed by atoms with Crippen LogP contribution in [0.25, 0.3) is 5.69 Å². The maximum Gasteiger partial charge on any atom is 0.273 e. The second-order valence-electron chi connectivity index (χ2n) is 7.97. The third-order valence-corrected chi connectivity index (χ3v) is 6.49. The fourth-order valence-corrected chi connectivity index (χ4v) is 4.43. The second kappa shape index (κ2) is 11.8. The first kappa shape index (κ1) is 26.8. The number of hydrogen-bond acceptors (Lipinski definition) is 7. The zero-order chi connectivity index (χ0) is 27.2. The van der Waals surface area contributed by atoms with Gasteiger partial charge in [-0.3, -0.25) is 24.3 Å². The molecule has 2 amide bonds. The van der Waals surface area contributed by atoms with Gasteiger partial charge in [-0.1, -0.05) is 47.6 Å². The van der Waals surface area contributed by atoms with Gasteiger partial charge < -0.3 is 10.6 Å². The normalized spacial score (nSPS) is 10.7. The second-order valence-corrected chi connectivity index (χ2v) is 9.35. The Bertz CT molecular complexity index is 1530. The van der Waals surface area contributed by atoms with Gasteiger partial charge in [0.25, 0.3) is 11.6 Å². The molecule has 13 heteroatoms. The lowest BCUT2D eigenvalue weighted by molar-refractivity contribution is -0.385. The van der Waals surface area contributed by atoms with Crippen LogP contribution in [-0.2, 0) is 11.3 Å². The molecule has 0 aliphatic rings. The standard InChI is InChI=1S/C25H20ClFN6O4S/c1-15-9-10-16(11-21(15)33(36)37)24(35)28-13-22-30-31-25(32(22)18-6-4-5-17(26)12-18)38-14-23(34)29-20-8-3-2-7-19(20)27/h2-12H,13-14H2,1H3,(H,28,35)(H,29,34). The quantitative estimate of drug-likeness (QED) is 0.170. The summed E-state index contributed by atoms with van der Waals surface area (Å²) < 4.78 is 15.5. The summed E-state index contributed by atoms with van der Waals surface area (Å²) in [5.41, 5.74) is 1.06. The van der Waals surface area contributed by atoms with E-state index in [1.54, 1.807) is 41.8 Å². The van der Waals surface area contributed by atoms with Crippen LogP contribution in [0.2, 0.25) is 5.02 Å². The molecule has 0 aliphatic carbocycles. The molecule has 0 fully saturated rings. The van der Waals surface area contributed by atoms with Crippen LogP contribution in [0.5, 0.6) is 0 Å². The number of nitrogens with zero attached hydrogens (tertiary/aromatic N) is 4. The van der Waals surface area contributed by atoms with Gasteiger partial charge in [-0.05, 0) is 43.3 Å². The Labute approximate surface area is 225 Å². The van der Waals surface area contributed by atoms with Crippen LogP contribution in [0.1, 0.15) is 21.7 Å². The number of amides is 2. The number of aromatic nitrogens is 3. The Morgan fingerprint density at radius 1 is 1.11 bits per heavy atom. The maximum atomic E-state index is 13.9. The van der Waals surface area contributed by atoms with Crippen molar-refractivity contribution in [2.24, 2.45) is 0 Å². The minimum atomic E-state index is -0.551. The molecular formula is C25H20ClFN6O4S. The zero-order valence-corrected chi connectivity index (χ0v) is 21.4. The molecule has 10 nitrogen and oxygen atoms in total. The van der Waals surface area contributed by atoms with Crippen LogP contribution in [0, 0.1) is 22.9 Å². The number of hydrogen-bond donors (Lipinski definition) is 2. The highest BCUT2D eigenvalue weighted by molar-refractivity contribution is 7.99. The van der Waals surface area contributed by atoms with Gasteiger partial charge in [-0.25, -0.2) is 4.39 Å². The van der Waals surface area contributed by atoms with Gasteiger partial charge in [0.15, 0.2) is 11.0 Å². The molecule has 0 unspecified atom stereocenters. The Hall–Kier alpha value is -4.29.